The molecule has 0 aromatic carbocycles. The van der Waals surface area contributed by atoms with Gasteiger partial charge in [-0.25, -0.2) is 4.98 Å². The van der Waals surface area contributed by atoms with Gasteiger partial charge in [0.15, 0.2) is 0 Å². The lowest BCUT2D eigenvalue weighted by atomic mass is 9.75. The molecule has 0 bridgehead atoms. The van der Waals surface area contributed by atoms with Gasteiger partial charge in [0, 0.05) is 17.8 Å². The van der Waals surface area contributed by atoms with Gasteiger partial charge in [0.25, 0.3) is 0 Å². The summed E-state index contributed by atoms with van der Waals surface area (Å²) in [5.74, 6) is 0. The standard InChI is InChI=1S/C13H22N2S/c1-3-13(6-4-5-7-13)12(14)8-11-9-16-10(2)15-11/h9,12H,3-8,14H2,1-2H3. The monoisotopic (exact) mass is 238 g/mol. The predicted molar refractivity (Wildman–Crippen MR) is 69.7 cm³/mol. The highest BCUT2D eigenvalue weighted by Crippen LogP contribution is 2.43. The molecular weight excluding hydrogens is 216 g/mol. The predicted octanol–water partition coefficient (Wildman–Crippen LogP) is 3.29. The minimum atomic E-state index is 0.293. The number of nitrogens with zero attached hydrogens (tertiary/aromatic N) is 1. The lowest BCUT2D eigenvalue weighted by molar-refractivity contribution is 0.218. The Morgan fingerprint density at radius 2 is 2.19 bits per heavy atom. The first-order chi connectivity index (χ1) is 7.66. The van der Waals surface area contributed by atoms with Crippen molar-refractivity contribution in [1.29, 1.82) is 0 Å². The molecule has 2 rings (SSSR count). The van der Waals surface area contributed by atoms with Crippen LogP contribution in [0.25, 0.3) is 0 Å². The molecule has 1 atom stereocenters. The van der Waals surface area contributed by atoms with Gasteiger partial charge in [-0.2, -0.15) is 0 Å². The Balaban J connectivity index is 2.03. The van der Waals surface area contributed by atoms with Crippen molar-refractivity contribution in [2.45, 2.75) is 58.4 Å². The third-order valence-electron chi connectivity index (χ3n) is 4.19. The van der Waals surface area contributed by atoms with E-state index in [1.807, 2.05) is 0 Å². The maximum absolute atomic E-state index is 6.43. The van der Waals surface area contributed by atoms with Crippen LogP contribution in [0.1, 0.15) is 49.7 Å². The number of aromatic nitrogens is 1. The second kappa shape index (κ2) is 4.84. The number of aryl methyl sites for hydroxylation is 1. The fourth-order valence-corrected chi connectivity index (χ4v) is 3.63. The maximum Gasteiger partial charge on any atom is 0.0897 e. The third-order valence-corrected chi connectivity index (χ3v) is 5.01. The molecule has 0 saturated heterocycles. The van der Waals surface area contributed by atoms with Crippen LogP contribution in [0.5, 0.6) is 0 Å². The van der Waals surface area contributed by atoms with Gasteiger partial charge in [0.1, 0.15) is 0 Å². The highest BCUT2D eigenvalue weighted by molar-refractivity contribution is 7.09. The molecule has 1 unspecified atom stereocenters. The van der Waals surface area contributed by atoms with E-state index in [1.54, 1.807) is 11.3 Å². The first-order valence-corrected chi connectivity index (χ1v) is 7.21. The molecule has 2 nitrogen and oxygen atoms in total. The summed E-state index contributed by atoms with van der Waals surface area (Å²) < 4.78 is 0. The highest BCUT2D eigenvalue weighted by atomic mass is 32.1. The molecule has 90 valence electrons. The first kappa shape index (κ1) is 12.1. The van der Waals surface area contributed by atoms with Gasteiger partial charge in [-0.05, 0) is 31.6 Å². The minimum absolute atomic E-state index is 0.293. The Morgan fingerprint density at radius 1 is 1.50 bits per heavy atom. The fraction of sp³-hybridized carbons (Fsp3) is 0.769. The second-order valence-electron chi connectivity index (χ2n) is 5.09. The van der Waals surface area contributed by atoms with Crippen molar-refractivity contribution >= 4 is 11.3 Å². The lowest BCUT2D eigenvalue weighted by Gasteiger charge is -2.34. The minimum Gasteiger partial charge on any atom is -0.327 e. The van der Waals surface area contributed by atoms with Crippen LogP contribution in [0.3, 0.4) is 0 Å². The summed E-state index contributed by atoms with van der Waals surface area (Å²) >= 11 is 1.73. The number of hydrogen-bond acceptors (Lipinski definition) is 3. The van der Waals surface area contributed by atoms with Gasteiger partial charge in [-0.3, -0.25) is 0 Å². The van der Waals surface area contributed by atoms with Crippen molar-refractivity contribution in [3.8, 4) is 0 Å². The van der Waals surface area contributed by atoms with Crippen LogP contribution in [0.4, 0.5) is 0 Å². The molecule has 0 amide bonds. The van der Waals surface area contributed by atoms with Gasteiger partial charge in [0.2, 0.25) is 0 Å². The summed E-state index contributed by atoms with van der Waals surface area (Å²) in [5, 5.41) is 3.31. The van der Waals surface area contributed by atoms with E-state index in [4.69, 9.17) is 5.73 Å². The number of rotatable bonds is 4. The Hall–Kier alpha value is -0.410. The zero-order valence-electron chi connectivity index (χ0n) is 10.3. The average molecular weight is 238 g/mol. The smallest absolute Gasteiger partial charge is 0.0897 e. The molecule has 0 aliphatic heterocycles. The second-order valence-corrected chi connectivity index (χ2v) is 6.15. The average Bonchev–Trinajstić information content (AvgIpc) is 2.88. The number of thiazole rings is 1. The molecule has 3 heteroatoms. The molecule has 1 saturated carbocycles. The third kappa shape index (κ3) is 2.30. The van der Waals surface area contributed by atoms with Crippen LogP contribution in [0, 0.1) is 12.3 Å². The Kier molecular flexibility index (Phi) is 3.65. The summed E-state index contributed by atoms with van der Waals surface area (Å²) in [6.07, 6.45) is 7.52. The van der Waals surface area contributed by atoms with Crippen LogP contribution in [-0.2, 0) is 6.42 Å². The molecule has 16 heavy (non-hydrogen) atoms. The molecule has 0 spiro atoms. The van der Waals surface area contributed by atoms with Crippen LogP contribution < -0.4 is 5.73 Å². The molecule has 1 heterocycles. The van der Waals surface area contributed by atoms with Gasteiger partial charge >= 0.3 is 0 Å². The first-order valence-electron chi connectivity index (χ1n) is 6.33. The summed E-state index contributed by atoms with van der Waals surface area (Å²) in [4.78, 5) is 4.53. The number of nitrogens with two attached hydrogens (primary N) is 1. The van der Waals surface area contributed by atoms with E-state index in [0.717, 1.165) is 11.4 Å². The van der Waals surface area contributed by atoms with Crippen LogP contribution in [0.15, 0.2) is 5.38 Å². The Bertz CT molecular complexity index is 339. The molecule has 2 N–H and O–H groups in total. The van der Waals surface area contributed by atoms with Crippen LogP contribution >= 0.6 is 11.3 Å². The zero-order valence-corrected chi connectivity index (χ0v) is 11.1. The molecule has 1 aromatic rings. The Labute approximate surface area is 102 Å². The maximum atomic E-state index is 6.43. The van der Waals surface area contributed by atoms with E-state index < -0.39 is 0 Å². The molecule has 1 aliphatic carbocycles. The molecule has 1 fully saturated rings. The van der Waals surface area contributed by atoms with Crippen LogP contribution in [-0.4, -0.2) is 11.0 Å². The SMILES string of the molecule is CCC1(C(N)Cc2csc(C)n2)CCCC1. The van der Waals surface area contributed by atoms with E-state index >= 15 is 0 Å². The Morgan fingerprint density at radius 3 is 2.69 bits per heavy atom. The molecule has 1 aliphatic rings. The summed E-state index contributed by atoms with van der Waals surface area (Å²) in [7, 11) is 0. The molecular formula is C13H22N2S. The summed E-state index contributed by atoms with van der Waals surface area (Å²) in [5.41, 5.74) is 8.02. The largest absolute Gasteiger partial charge is 0.327 e. The lowest BCUT2D eigenvalue weighted by Crippen LogP contribution is -2.41. The normalized spacial score (nSPS) is 21.2. The van der Waals surface area contributed by atoms with Gasteiger partial charge in [-0.1, -0.05) is 19.8 Å². The van der Waals surface area contributed by atoms with Crippen molar-refractivity contribution in [3.63, 3.8) is 0 Å². The van der Waals surface area contributed by atoms with Crippen molar-refractivity contribution in [2.75, 3.05) is 0 Å². The van der Waals surface area contributed by atoms with Crippen molar-refractivity contribution in [1.82, 2.24) is 4.98 Å². The number of hydrogen-bond donors (Lipinski definition) is 1. The van der Waals surface area contributed by atoms with Gasteiger partial charge < -0.3 is 5.73 Å². The molecule has 1 aromatic heterocycles. The topological polar surface area (TPSA) is 38.9 Å². The zero-order chi connectivity index (χ0) is 11.6. The summed E-state index contributed by atoms with van der Waals surface area (Å²) in [6.45, 7) is 4.35. The van der Waals surface area contributed by atoms with E-state index in [9.17, 15) is 0 Å². The van der Waals surface area contributed by atoms with Gasteiger partial charge in [-0.15, -0.1) is 11.3 Å². The van der Waals surface area contributed by atoms with Crippen molar-refractivity contribution in [2.24, 2.45) is 11.1 Å². The van der Waals surface area contributed by atoms with Gasteiger partial charge in [0.05, 0.1) is 10.7 Å². The van der Waals surface area contributed by atoms with Crippen molar-refractivity contribution < 1.29 is 0 Å². The quantitative estimate of drug-likeness (QED) is 0.874. The fourth-order valence-electron chi connectivity index (χ4n) is 3.01. The highest BCUT2D eigenvalue weighted by Gasteiger charge is 2.37. The van der Waals surface area contributed by atoms with E-state index in [1.165, 1.54) is 37.8 Å². The van der Waals surface area contributed by atoms with E-state index in [-0.39, 0.29) is 0 Å². The summed E-state index contributed by atoms with van der Waals surface area (Å²) in [6, 6.07) is 0.293. The van der Waals surface area contributed by atoms with E-state index in [2.05, 4.69) is 24.2 Å². The molecule has 0 radical (unpaired) electrons. The van der Waals surface area contributed by atoms with E-state index in [0.29, 0.717) is 11.5 Å². The van der Waals surface area contributed by atoms with Crippen molar-refractivity contribution in [3.05, 3.63) is 16.1 Å². The van der Waals surface area contributed by atoms with Crippen LogP contribution in [0.2, 0.25) is 0 Å².